The molecule has 0 bridgehead atoms. The summed E-state index contributed by atoms with van der Waals surface area (Å²) in [5.41, 5.74) is -0.300. The molecule has 1 aliphatic heterocycles. The van der Waals surface area contributed by atoms with Crippen molar-refractivity contribution in [3.8, 4) is 0 Å². The van der Waals surface area contributed by atoms with Gasteiger partial charge >= 0.3 is 5.69 Å². The van der Waals surface area contributed by atoms with E-state index in [1.54, 1.807) is 6.20 Å². The van der Waals surface area contributed by atoms with E-state index in [0.717, 1.165) is 0 Å². The Labute approximate surface area is 118 Å². The van der Waals surface area contributed by atoms with E-state index in [1.807, 2.05) is 6.26 Å². The lowest BCUT2D eigenvalue weighted by atomic mass is 10.2. The monoisotopic (exact) mass is 304 g/mol. The highest BCUT2D eigenvalue weighted by molar-refractivity contribution is 8.00. The molecule has 0 aliphatic carbocycles. The van der Waals surface area contributed by atoms with Gasteiger partial charge in [0.15, 0.2) is 0 Å². The number of aliphatic hydroxyl groups excluding tert-OH is 2. The van der Waals surface area contributed by atoms with Crippen molar-refractivity contribution in [2.75, 3.05) is 12.9 Å². The number of nitrogens with zero attached hydrogens (tertiary/aromatic N) is 1. The Morgan fingerprint density at radius 1 is 1.58 bits per heavy atom. The number of hydrogen-bond acceptors (Lipinski definition) is 6. The van der Waals surface area contributed by atoms with E-state index in [-0.39, 0.29) is 22.8 Å². The number of rotatable bonds is 4. The predicted molar refractivity (Wildman–Crippen MR) is 76.7 cm³/mol. The minimum Gasteiger partial charge on any atom is -0.395 e. The fraction of sp³-hybridized carbons (Fsp3) is 0.636. The van der Waals surface area contributed by atoms with Gasteiger partial charge in [-0.25, -0.2) is 4.79 Å². The van der Waals surface area contributed by atoms with E-state index >= 15 is 0 Å². The lowest BCUT2D eigenvalue weighted by Gasteiger charge is -2.13. The van der Waals surface area contributed by atoms with E-state index in [4.69, 9.17) is 5.11 Å². The van der Waals surface area contributed by atoms with Crippen molar-refractivity contribution in [3.05, 3.63) is 32.6 Å². The summed E-state index contributed by atoms with van der Waals surface area (Å²) in [6.07, 6.45) is 3.19. The summed E-state index contributed by atoms with van der Waals surface area (Å²) >= 11 is 2.85. The first-order valence-electron chi connectivity index (χ1n) is 5.84. The average Bonchev–Trinajstić information content (AvgIpc) is 2.74. The molecule has 1 saturated heterocycles. The molecule has 2 rings (SSSR count). The van der Waals surface area contributed by atoms with E-state index in [2.05, 4.69) is 4.98 Å². The Balaban J connectivity index is 2.33. The van der Waals surface area contributed by atoms with Crippen LogP contribution >= 0.6 is 23.5 Å². The number of aromatic amines is 1. The number of H-pyrrole nitrogens is 1. The van der Waals surface area contributed by atoms with Crippen molar-refractivity contribution >= 4 is 23.5 Å². The van der Waals surface area contributed by atoms with Crippen LogP contribution in [0.4, 0.5) is 0 Å². The van der Waals surface area contributed by atoms with Gasteiger partial charge in [0, 0.05) is 23.9 Å². The lowest BCUT2D eigenvalue weighted by molar-refractivity contribution is 0.137. The molecule has 0 amide bonds. The van der Waals surface area contributed by atoms with Gasteiger partial charge < -0.3 is 10.2 Å². The van der Waals surface area contributed by atoms with Crippen LogP contribution in [0.3, 0.4) is 0 Å². The Kier molecular flexibility index (Phi) is 4.77. The Morgan fingerprint density at radius 2 is 2.32 bits per heavy atom. The second kappa shape index (κ2) is 6.17. The maximum atomic E-state index is 11.8. The van der Waals surface area contributed by atoms with Crippen LogP contribution in [0.25, 0.3) is 0 Å². The van der Waals surface area contributed by atoms with Crippen molar-refractivity contribution in [2.45, 2.75) is 28.9 Å². The molecule has 19 heavy (non-hydrogen) atoms. The first-order chi connectivity index (χ1) is 9.06. The zero-order valence-corrected chi connectivity index (χ0v) is 12.0. The summed E-state index contributed by atoms with van der Waals surface area (Å²) in [7, 11) is 0. The third kappa shape index (κ3) is 3.07. The van der Waals surface area contributed by atoms with E-state index in [0.29, 0.717) is 17.7 Å². The lowest BCUT2D eigenvalue weighted by Crippen LogP contribution is -2.32. The molecule has 1 aromatic rings. The van der Waals surface area contributed by atoms with Crippen LogP contribution in [0.5, 0.6) is 0 Å². The largest absolute Gasteiger partial charge is 0.395 e. The molecule has 106 valence electrons. The third-order valence-corrected chi connectivity index (χ3v) is 5.18. The molecule has 0 aromatic carbocycles. The van der Waals surface area contributed by atoms with Crippen LogP contribution in [0, 0.1) is 0 Å². The van der Waals surface area contributed by atoms with Crippen LogP contribution in [0.1, 0.15) is 17.4 Å². The summed E-state index contributed by atoms with van der Waals surface area (Å²) in [5.74, 6) is 0.527. The molecule has 0 saturated carbocycles. The van der Waals surface area contributed by atoms with Gasteiger partial charge in [-0.1, -0.05) is 0 Å². The summed E-state index contributed by atoms with van der Waals surface area (Å²) in [4.78, 5) is 25.7. The van der Waals surface area contributed by atoms with Crippen molar-refractivity contribution < 1.29 is 10.2 Å². The second-order valence-electron chi connectivity index (χ2n) is 4.37. The highest BCUT2D eigenvalue weighted by atomic mass is 32.2. The van der Waals surface area contributed by atoms with Gasteiger partial charge in [0.2, 0.25) is 0 Å². The number of aromatic nitrogens is 2. The molecule has 1 aliphatic rings. The highest BCUT2D eigenvalue weighted by Crippen LogP contribution is 2.40. The summed E-state index contributed by atoms with van der Waals surface area (Å²) < 4.78 is 1.44. The second-order valence-corrected chi connectivity index (χ2v) is 6.66. The molecule has 3 atom stereocenters. The maximum absolute atomic E-state index is 11.8. The number of thioether (sulfide) groups is 2. The van der Waals surface area contributed by atoms with Crippen molar-refractivity contribution in [1.82, 2.24) is 9.55 Å². The maximum Gasteiger partial charge on any atom is 0.329 e. The molecular formula is C11H16N2O4S2. The molecular weight excluding hydrogens is 288 g/mol. The minimum absolute atomic E-state index is 0.127. The number of aliphatic hydroxyl groups is 2. The van der Waals surface area contributed by atoms with Crippen molar-refractivity contribution in [3.63, 3.8) is 0 Å². The molecule has 2 heterocycles. The topological polar surface area (TPSA) is 95.3 Å². The van der Waals surface area contributed by atoms with Crippen molar-refractivity contribution in [1.29, 1.82) is 0 Å². The highest BCUT2D eigenvalue weighted by Gasteiger charge is 2.34. The SMILES string of the molecule is CSCc1cn(C2C[C@H](O)[C@@H](CO)S2)c(=O)[nH]c1=O. The van der Waals surface area contributed by atoms with E-state index < -0.39 is 11.8 Å². The number of nitrogens with one attached hydrogen (secondary N) is 1. The first-order valence-corrected chi connectivity index (χ1v) is 8.18. The third-order valence-electron chi connectivity index (χ3n) is 3.04. The van der Waals surface area contributed by atoms with Crippen LogP contribution in [0.15, 0.2) is 15.8 Å². The van der Waals surface area contributed by atoms with Gasteiger partial charge in [0.25, 0.3) is 5.56 Å². The fourth-order valence-corrected chi connectivity index (χ4v) is 3.94. The molecule has 3 N–H and O–H groups in total. The molecule has 1 unspecified atom stereocenters. The van der Waals surface area contributed by atoms with Crippen LogP contribution in [-0.4, -0.2) is 44.0 Å². The Hall–Kier alpha value is -0.700. The van der Waals surface area contributed by atoms with Gasteiger partial charge in [-0.05, 0) is 6.26 Å². The fourth-order valence-electron chi connectivity index (χ4n) is 2.05. The minimum atomic E-state index is -0.636. The van der Waals surface area contributed by atoms with E-state index in [1.165, 1.54) is 28.1 Å². The van der Waals surface area contributed by atoms with Crippen LogP contribution in [0.2, 0.25) is 0 Å². The molecule has 1 fully saturated rings. The van der Waals surface area contributed by atoms with Gasteiger partial charge in [-0.3, -0.25) is 14.3 Å². The Morgan fingerprint density at radius 3 is 2.89 bits per heavy atom. The van der Waals surface area contributed by atoms with Gasteiger partial charge in [0.05, 0.1) is 23.3 Å². The molecule has 6 nitrogen and oxygen atoms in total. The van der Waals surface area contributed by atoms with Gasteiger partial charge in [-0.2, -0.15) is 11.8 Å². The van der Waals surface area contributed by atoms with Gasteiger partial charge in [0.1, 0.15) is 0 Å². The summed E-state index contributed by atoms with van der Waals surface area (Å²) in [6, 6.07) is 0. The smallest absolute Gasteiger partial charge is 0.329 e. The van der Waals surface area contributed by atoms with Crippen molar-refractivity contribution in [2.24, 2.45) is 0 Å². The molecule has 0 radical (unpaired) electrons. The normalized spacial score (nSPS) is 26.8. The standard InChI is InChI=1S/C11H16N2O4S2/c1-18-5-6-3-13(11(17)12-10(6)16)9-2-7(15)8(4-14)19-9/h3,7-9,14-15H,2,4-5H2,1H3,(H,12,16,17)/t7-,8+,9?/m0/s1. The summed E-state index contributed by atoms with van der Waals surface area (Å²) in [6.45, 7) is -0.127. The quantitative estimate of drug-likeness (QED) is 0.710. The van der Waals surface area contributed by atoms with Gasteiger partial charge in [-0.15, -0.1) is 11.8 Å². The van der Waals surface area contributed by atoms with Crippen LogP contribution < -0.4 is 11.2 Å². The van der Waals surface area contributed by atoms with Crippen LogP contribution in [-0.2, 0) is 5.75 Å². The zero-order chi connectivity index (χ0) is 14.0. The number of hydrogen-bond donors (Lipinski definition) is 3. The first kappa shape index (κ1) is 14.7. The van der Waals surface area contributed by atoms with E-state index in [9.17, 15) is 14.7 Å². The Bertz CT molecular complexity index is 556. The molecule has 0 spiro atoms. The summed E-state index contributed by atoms with van der Waals surface area (Å²) in [5, 5.41) is 18.4. The molecule has 1 aromatic heterocycles. The predicted octanol–water partition coefficient (Wildman–Crippen LogP) is -0.243. The average molecular weight is 304 g/mol. The molecule has 8 heteroatoms. The zero-order valence-electron chi connectivity index (χ0n) is 10.4.